The molecule has 3 aromatic rings. The van der Waals surface area contributed by atoms with Crippen molar-refractivity contribution in [1.82, 2.24) is 24.3 Å². The van der Waals surface area contributed by atoms with Crippen LogP contribution < -0.4 is 11.3 Å². The van der Waals surface area contributed by atoms with E-state index in [1.54, 1.807) is 24.3 Å². The maximum Gasteiger partial charge on any atom is 0.261 e. The number of aromatic nitrogens is 5. The molecule has 1 amide bonds. The highest BCUT2D eigenvalue weighted by molar-refractivity contribution is 7.98. The third-order valence-corrected chi connectivity index (χ3v) is 4.76. The number of hydrogen-bond donors (Lipinski definition) is 1. The molecule has 1 aromatic carbocycles. The molecule has 2 heterocycles. The van der Waals surface area contributed by atoms with Crippen LogP contribution in [0.4, 0.5) is 0 Å². The van der Waals surface area contributed by atoms with Crippen LogP contribution in [0.15, 0.2) is 46.9 Å². The molecule has 3 rings (SSSR count). The van der Waals surface area contributed by atoms with Crippen molar-refractivity contribution in [1.29, 1.82) is 0 Å². The molecule has 8 nitrogen and oxygen atoms in total. The zero-order valence-corrected chi connectivity index (χ0v) is 15.1. The Morgan fingerprint density at radius 3 is 2.81 bits per heavy atom. The van der Waals surface area contributed by atoms with Crippen molar-refractivity contribution in [2.45, 2.75) is 30.9 Å². The second-order valence-electron chi connectivity index (χ2n) is 5.62. The van der Waals surface area contributed by atoms with Crippen molar-refractivity contribution in [3.05, 3.63) is 58.9 Å². The van der Waals surface area contributed by atoms with E-state index in [2.05, 4.69) is 21.8 Å². The zero-order valence-electron chi connectivity index (χ0n) is 14.3. The van der Waals surface area contributed by atoms with Gasteiger partial charge in [-0.15, -0.1) is 16.8 Å². The fourth-order valence-corrected chi connectivity index (χ4v) is 3.52. The van der Waals surface area contributed by atoms with E-state index in [-0.39, 0.29) is 12.1 Å². The number of allylic oxidation sites excluding steroid dienone is 1. The minimum absolute atomic E-state index is 0.217. The molecular weight excluding hydrogens is 352 g/mol. The Labute approximate surface area is 153 Å². The lowest BCUT2D eigenvalue weighted by atomic mass is 10.2. The summed E-state index contributed by atoms with van der Waals surface area (Å²) in [5.41, 5.74) is 5.61. The first kappa shape index (κ1) is 17.9. The lowest BCUT2D eigenvalue weighted by Crippen LogP contribution is -2.31. The SMILES string of the molecule is C=CCn1c(C)nnc1SCc1nc2ccccc2c(=O)n1CC(N)=O. The lowest BCUT2D eigenvalue weighted by molar-refractivity contribution is -0.118. The van der Waals surface area contributed by atoms with Crippen LogP contribution in [0.5, 0.6) is 0 Å². The average molecular weight is 370 g/mol. The minimum atomic E-state index is -0.596. The first-order chi connectivity index (χ1) is 12.5. The van der Waals surface area contributed by atoms with Crippen molar-refractivity contribution >= 4 is 28.6 Å². The number of primary amides is 1. The maximum absolute atomic E-state index is 12.7. The van der Waals surface area contributed by atoms with Crippen LogP contribution >= 0.6 is 11.8 Å². The standard InChI is InChI=1S/C17H18N6O2S/c1-3-8-22-11(2)20-21-17(22)26-10-15-19-13-7-5-4-6-12(13)16(25)23(15)9-14(18)24/h3-7H,1,8-10H2,2H3,(H2,18,24). The normalized spacial score (nSPS) is 11.0. The Morgan fingerprint density at radius 1 is 1.31 bits per heavy atom. The number of thioether (sulfide) groups is 1. The average Bonchev–Trinajstić information content (AvgIpc) is 2.96. The molecule has 0 aliphatic heterocycles. The van der Waals surface area contributed by atoms with Crippen molar-refractivity contribution < 1.29 is 4.79 Å². The van der Waals surface area contributed by atoms with Gasteiger partial charge in [0.2, 0.25) is 5.91 Å². The second-order valence-corrected chi connectivity index (χ2v) is 6.56. The van der Waals surface area contributed by atoms with Crippen LogP contribution in [0, 0.1) is 6.92 Å². The summed E-state index contributed by atoms with van der Waals surface area (Å²) >= 11 is 1.39. The number of fused-ring (bicyclic) bond motifs is 1. The minimum Gasteiger partial charge on any atom is -0.368 e. The second kappa shape index (κ2) is 7.52. The van der Waals surface area contributed by atoms with Crippen LogP contribution in [-0.2, 0) is 23.6 Å². The van der Waals surface area contributed by atoms with Crippen molar-refractivity contribution in [3.63, 3.8) is 0 Å². The highest BCUT2D eigenvalue weighted by Gasteiger charge is 2.15. The molecule has 2 N–H and O–H groups in total. The van der Waals surface area contributed by atoms with E-state index < -0.39 is 5.91 Å². The Balaban J connectivity index is 2.00. The van der Waals surface area contributed by atoms with Crippen molar-refractivity contribution in [3.8, 4) is 0 Å². The third kappa shape index (κ3) is 3.52. The van der Waals surface area contributed by atoms with Gasteiger partial charge in [0.25, 0.3) is 5.56 Å². The number of nitrogens with zero attached hydrogens (tertiary/aromatic N) is 5. The van der Waals surface area contributed by atoms with E-state index in [0.29, 0.717) is 34.2 Å². The highest BCUT2D eigenvalue weighted by Crippen LogP contribution is 2.21. The zero-order chi connectivity index (χ0) is 18.7. The summed E-state index contributed by atoms with van der Waals surface area (Å²) in [6.45, 7) is 5.96. The van der Waals surface area contributed by atoms with E-state index >= 15 is 0 Å². The van der Waals surface area contributed by atoms with E-state index in [1.807, 2.05) is 17.6 Å². The molecule has 0 atom stereocenters. The largest absolute Gasteiger partial charge is 0.368 e. The van der Waals surface area contributed by atoms with E-state index in [1.165, 1.54) is 16.3 Å². The van der Waals surface area contributed by atoms with Gasteiger partial charge >= 0.3 is 0 Å². The number of amides is 1. The number of carbonyl (C=O) groups is 1. The molecule has 0 unspecified atom stereocenters. The van der Waals surface area contributed by atoms with E-state index in [9.17, 15) is 9.59 Å². The summed E-state index contributed by atoms with van der Waals surface area (Å²) in [4.78, 5) is 28.7. The summed E-state index contributed by atoms with van der Waals surface area (Å²) in [6, 6.07) is 7.02. The van der Waals surface area contributed by atoms with Crippen LogP contribution in [-0.4, -0.2) is 30.2 Å². The number of rotatable bonds is 7. The van der Waals surface area contributed by atoms with Crippen molar-refractivity contribution in [2.75, 3.05) is 0 Å². The smallest absolute Gasteiger partial charge is 0.261 e. The molecule has 0 radical (unpaired) electrons. The molecule has 0 aliphatic rings. The van der Waals surface area contributed by atoms with Crippen LogP contribution in [0.25, 0.3) is 10.9 Å². The third-order valence-electron chi connectivity index (χ3n) is 3.80. The summed E-state index contributed by atoms with van der Waals surface area (Å²) in [5, 5.41) is 9.36. The first-order valence-electron chi connectivity index (χ1n) is 7.91. The predicted molar refractivity (Wildman–Crippen MR) is 99.7 cm³/mol. The number of benzene rings is 1. The molecular formula is C17H18N6O2S. The van der Waals surface area contributed by atoms with Gasteiger partial charge < -0.3 is 10.3 Å². The van der Waals surface area contributed by atoms with Gasteiger partial charge in [-0.2, -0.15) is 0 Å². The Morgan fingerprint density at radius 2 is 2.08 bits per heavy atom. The fraction of sp³-hybridized carbons (Fsp3) is 0.235. The Bertz CT molecular complexity index is 1040. The molecule has 2 aromatic heterocycles. The Kier molecular flexibility index (Phi) is 5.17. The number of aryl methyl sites for hydroxylation is 1. The molecule has 134 valence electrons. The molecule has 0 saturated heterocycles. The fourth-order valence-electron chi connectivity index (χ4n) is 2.58. The van der Waals surface area contributed by atoms with Crippen LogP contribution in [0.2, 0.25) is 0 Å². The quantitative estimate of drug-likeness (QED) is 0.495. The van der Waals surface area contributed by atoms with Gasteiger partial charge in [0.15, 0.2) is 5.16 Å². The van der Waals surface area contributed by atoms with Crippen molar-refractivity contribution in [2.24, 2.45) is 5.73 Å². The Hall–Kier alpha value is -2.94. The summed E-state index contributed by atoms with van der Waals surface area (Å²) in [7, 11) is 0. The van der Waals surface area contributed by atoms with E-state index in [4.69, 9.17) is 5.73 Å². The number of carbonyl (C=O) groups excluding carboxylic acids is 1. The highest BCUT2D eigenvalue weighted by atomic mass is 32.2. The number of hydrogen-bond acceptors (Lipinski definition) is 6. The van der Waals surface area contributed by atoms with Gasteiger partial charge in [0.05, 0.1) is 16.7 Å². The van der Waals surface area contributed by atoms with Gasteiger partial charge in [-0.05, 0) is 19.1 Å². The molecule has 0 aliphatic carbocycles. The van der Waals surface area contributed by atoms with Gasteiger partial charge in [0, 0.05) is 6.54 Å². The predicted octanol–water partition coefficient (Wildman–Crippen LogP) is 1.26. The van der Waals surface area contributed by atoms with Crippen LogP contribution in [0.3, 0.4) is 0 Å². The first-order valence-corrected chi connectivity index (χ1v) is 8.90. The molecule has 26 heavy (non-hydrogen) atoms. The van der Waals surface area contributed by atoms with Gasteiger partial charge in [0.1, 0.15) is 18.2 Å². The molecule has 9 heteroatoms. The number of para-hydroxylation sites is 1. The lowest BCUT2D eigenvalue weighted by Gasteiger charge is -2.12. The molecule has 0 fully saturated rings. The van der Waals surface area contributed by atoms with Gasteiger partial charge in [-0.3, -0.25) is 14.2 Å². The monoisotopic (exact) mass is 370 g/mol. The molecule has 0 saturated carbocycles. The topological polar surface area (TPSA) is 109 Å². The van der Waals surface area contributed by atoms with E-state index in [0.717, 1.165) is 5.82 Å². The van der Waals surface area contributed by atoms with Crippen LogP contribution in [0.1, 0.15) is 11.6 Å². The summed E-state index contributed by atoms with van der Waals surface area (Å²) in [5.74, 6) is 0.987. The maximum atomic E-state index is 12.7. The molecule has 0 bridgehead atoms. The molecule has 0 spiro atoms. The summed E-state index contributed by atoms with van der Waals surface area (Å²) in [6.07, 6.45) is 1.76. The number of nitrogens with two attached hydrogens (primary N) is 1. The summed E-state index contributed by atoms with van der Waals surface area (Å²) < 4.78 is 3.23. The van der Waals surface area contributed by atoms with Gasteiger partial charge in [-0.25, -0.2) is 4.98 Å². The van der Waals surface area contributed by atoms with Gasteiger partial charge in [-0.1, -0.05) is 30.0 Å².